The fourth-order valence-electron chi connectivity index (χ4n) is 1.91. The molecular weight excluding hydrogens is 558 g/mol. The molecule has 0 aromatic rings. The summed E-state index contributed by atoms with van der Waals surface area (Å²) in [4.78, 5) is 1.21. The summed E-state index contributed by atoms with van der Waals surface area (Å²) < 4.78 is 19.3. The maximum Gasteiger partial charge on any atom is 0.246 e. The Morgan fingerprint density at radius 2 is 1.52 bits per heavy atom. The first kappa shape index (κ1) is 23.5. The Kier molecular flexibility index (Phi) is 8.89. The van der Waals surface area contributed by atoms with Crippen molar-refractivity contribution in [2.45, 2.75) is 43.5 Å². The van der Waals surface area contributed by atoms with E-state index in [0.717, 1.165) is 22.0 Å². The molecule has 0 N–H and O–H groups in total. The van der Waals surface area contributed by atoms with Gasteiger partial charge in [-0.25, -0.2) is 8.42 Å². The van der Waals surface area contributed by atoms with Gasteiger partial charge in [-0.1, -0.05) is 110 Å². The van der Waals surface area contributed by atoms with Crippen molar-refractivity contribution in [2.75, 3.05) is 0 Å². The molecule has 0 aromatic carbocycles. The predicted molar refractivity (Wildman–Crippen MR) is 108 cm³/mol. The lowest BCUT2D eigenvalue weighted by Crippen LogP contribution is -2.48. The highest BCUT2D eigenvalue weighted by atomic mass is 79.9. The third kappa shape index (κ3) is 5.74. The molecule has 0 amide bonds. The first-order valence-electron chi connectivity index (χ1n) is 6.09. The van der Waals surface area contributed by atoms with Crippen LogP contribution in [0.15, 0.2) is 10.4 Å². The molecule has 0 aliphatic heterocycles. The van der Waals surface area contributed by atoms with Gasteiger partial charge in [0.2, 0.25) is 21.8 Å². The third-order valence-electron chi connectivity index (χ3n) is 3.02. The van der Waals surface area contributed by atoms with Crippen LogP contribution in [0.2, 0.25) is 0 Å². The van der Waals surface area contributed by atoms with Crippen molar-refractivity contribution in [3.63, 3.8) is 0 Å². The van der Waals surface area contributed by atoms with Crippen molar-refractivity contribution in [3.8, 4) is 0 Å². The minimum absolute atomic E-state index is 0.315. The van der Waals surface area contributed by atoms with Crippen molar-refractivity contribution in [1.82, 2.24) is 3.71 Å². The predicted octanol–water partition coefficient (Wildman–Crippen LogP) is 6.75. The average molecular weight is 569 g/mol. The van der Waals surface area contributed by atoms with E-state index in [2.05, 4.69) is 15.9 Å². The zero-order valence-electron chi connectivity index (χ0n) is 11.2. The number of nitrogens with zero attached hydrogens (tertiary/aromatic N) is 1. The van der Waals surface area contributed by atoms with E-state index in [0.29, 0.717) is 24.8 Å². The molecule has 0 radical (unpaired) electrons. The SMILES string of the molecule is O=S(=O)(C=CBr)N(SC(Cl)(Cl)C(Cl)(Cl)C(Cl)(Cl)Cl)C1CCCC1. The highest BCUT2D eigenvalue weighted by molar-refractivity contribution is 9.11. The Bertz CT molecular complexity index is 544. The van der Waals surface area contributed by atoms with Crippen molar-refractivity contribution in [3.05, 3.63) is 10.4 Å². The van der Waals surface area contributed by atoms with Gasteiger partial charge >= 0.3 is 0 Å². The average Bonchev–Trinajstić information content (AvgIpc) is 2.87. The summed E-state index contributed by atoms with van der Waals surface area (Å²) in [6, 6.07) is -0.315. The summed E-state index contributed by atoms with van der Waals surface area (Å²) in [5.74, 6) is 0. The number of sulfonamides is 1. The van der Waals surface area contributed by atoms with E-state index in [1.54, 1.807) is 0 Å². The zero-order chi connectivity index (χ0) is 18.1. The van der Waals surface area contributed by atoms with Crippen molar-refractivity contribution in [2.24, 2.45) is 0 Å². The third-order valence-corrected chi connectivity index (χ3v) is 10.9. The van der Waals surface area contributed by atoms with Crippen LogP contribution in [0.3, 0.4) is 0 Å². The molecule has 23 heavy (non-hydrogen) atoms. The van der Waals surface area contributed by atoms with Gasteiger partial charge < -0.3 is 0 Å². The van der Waals surface area contributed by atoms with Crippen molar-refractivity contribution >= 4 is 119 Å². The summed E-state index contributed by atoms with van der Waals surface area (Å²) in [6.45, 7) is 0. The molecule has 0 heterocycles. The van der Waals surface area contributed by atoms with Crippen LogP contribution in [0.5, 0.6) is 0 Å². The maximum atomic E-state index is 12.5. The number of rotatable bonds is 6. The zero-order valence-corrected chi connectivity index (χ0v) is 19.7. The molecular formula is C10H11BrCl7NO2S2. The van der Waals surface area contributed by atoms with E-state index in [9.17, 15) is 8.42 Å². The lowest BCUT2D eigenvalue weighted by Gasteiger charge is -2.39. The number of halogens is 8. The number of alkyl halides is 7. The molecule has 0 aromatic heterocycles. The van der Waals surface area contributed by atoms with Gasteiger partial charge in [0, 0.05) is 6.04 Å². The van der Waals surface area contributed by atoms with E-state index in [-0.39, 0.29) is 6.04 Å². The van der Waals surface area contributed by atoms with Gasteiger partial charge in [0.15, 0.2) is 0 Å². The van der Waals surface area contributed by atoms with Gasteiger partial charge in [-0.15, -0.1) is 3.71 Å². The van der Waals surface area contributed by atoms with Crippen molar-refractivity contribution in [1.29, 1.82) is 0 Å². The smallest absolute Gasteiger partial charge is 0.207 e. The quantitative estimate of drug-likeness (QED) is 0.263. The van der Waals surface area contributed by atoms with Crippen LogP contribution < -0.4 is 0 Å². The molecule has 13 heteroatoms. The fourth-order valence-corrected chi connectivity index (χ4v) is 7.42. The van der Waals surface area contributed by atoms with Gasteiger partial charge in [-0.05, 0) is 29.8 Å². The summed E-state index contributed by atoms with van der Waals surface area (Å²) in [5, 5.41) is 0.960. The van der Waals surface area contributed by atoms with Crippen LogP contribution >= 0.6 is 109 Å². The monoisotopic (exact) mass is 565 g/mol. The van der Waals surface area contributed by atoms with Crippen LogP contribution in [-0.4, -0.2) is 30.0 Å². The summed E-state index contributed by atoms with van der Waals surface area (Å²) in [6.07, 6.45) is 3.06. The molecule has 1 aliphatic rings. The molecule has 3 nitrogen and oxygen atoms in total. The van der Waals surface area contributed by atoms with Crippen LogP contribution in [-0.2, 0) is 10.0 Å². The largest absolute Gasteiger partial charge is 0.246 e. The van der Waals surface area contributed by atoms with Gasteiger partial charge in [-0.2, -0.15) is 0 Å². The van der Waals surface area contributed by atoms with E-state index in [1.165, 1.54) is 4.99 Å². The Labute approximate surface area is 183 Å². The van der Waals surface area contributed by atoms with E-state index >= 15 is 0 Å². The molecule has 1 aliphatic carbocycles. The second kappa shape index (κ2) is 8.68. The Balaban J connectivity index is 3.19. The van der Waals surface area contributed by atoms with E-state index in [1.807, 2.05) is 0 Å². The maximum absolute atomic E-state index is 12.5. The lowest BCUT2D eigenvalue weighted by atomic mass is 10.3. The van der Waals surface area contributed by atoms with Crippen LogP contribution in [0.1, 0.15) is 25.7 Å². The Morgan fingerprint density at radius 1 is 1.04 bits per heavy atom. The minimum atomic E-state index is -3.84. The second-order valence-corrected chi connectivity index (χ2v) is 13.7. The molecule has 1 saturated carbocycles. The van der Waals surface area contributed by atoms with E-state index in [4.69, 9.17) is 81.2 Å². The summed E-state index contributed by atoms with van der Waals surface area (Å²) >= 11 is 45.0. The van der Waals surface area contributed by atoms with Crippen molar-refractivity contribution < 1.29 is 8.42 Å². The molecule has 1 rings (SSSR count). The molecule has 0 saturated heterocycles. The van der Waals surface area contributed by atoms with E-state index < -0.39 is 21.8 Å². The molecule has 0 spiro atoms. The second-order valence-electron chi connectivity index (χ2n) is 4.68. The molecule has 0 unspecified atom stereocenters. The van der Waals surface area contributed by atoms with Gasteiger partial charge in [0.25, 0.3) is 0 Å². The first-order valence-corrected chi connectivity index (χ1v) is 11.9. The first-order chi connectivity index (χ1) is 10.3. The topological polar surface area (TPSA) is 37.4 Å². The Hall–Kier alpha value is 2.51. The fraction of sp³-hybridized carbons (Fsp3) is 0.800. The van der Waals surface area contributed by atoms with Gasteiger partial charge in [0.05, 0.1) is 5.41 Å². The van der Waals surface area contributed by atoms with Gasteiger partial charge in [-0.3, -0.25) is 0 Å². The normalized spacial score (nSPS) is 19.2. The molecule has 0 atom stereocenters. The summed E-state index contributed by atoms with van der Waals surface area (Å²) in [5.41, 5.74) is 0. The highest BCUT2D eigenvalue weighted by Gasteiger charge is 2.62. The summed E-state index contributed by atoms with van der Waals surface area (Å²) in [7, 11) is -3.84. The number of hydrogen-bond acceptors (Lipinski definition) is 3. The Morgan fingerprint density at radius 3 is 1.91 bits per heavy atom. The lowest BCUT2D eigenvalue weighted by molar-refractivity contribution is 0.467. The van der Waals surface area contributed by atoms with Crippen LogP contribution in [0.4, 0.5) is 0 Å². The molecule has 136 valence electrons. The van der Waals surface area contributed by atoms with Crippen LogP contribution in [0.25, 0.3) is 0 Å². The van der Waals surface area contributed by atoms with Gasteiger partial charge in [0.1, 0.15) is 0 Å². The molecule has 0 bridgehead atoms. The minimum Gasteiger partial charge on any atom is -0.207 e. The van der Waals surface area contributed by atoms with Crippen LogP contribution in [0, 0.1) is 0 Å². The number of hydrogen-bond donors (Lipinski definition) is 0. The molecule has 1 fully saturated rings. The highest BCUT2D eigenvalue weighted by Crippen LogP contribution is 2.61. The standard InChI is InChI=1S/C10H11BrCl7NO2S2/c11-5-6-23(20,21)19(7-3-1-2-4-7)22-10(17,18)8(12,13)9(14,15)16/h5-7H,1-4H2.